The third-order valence-corrected chi connectivity index (χ3v) is 4.64. The molecule has 1 aromatic rings. The van der Waals surface area contributed by atoms with Crippen LogP contribution in [0.3, 0.4) is 0 Å². The highest BCUT2D eigenvalue weighted by Crippen LogP contribution is 2.30. The third-order valence-electron chi connectivity index (χ3n) is 3.42. The predicted molar refractivity (Wildman–Crippen MR) is 78.4 cm³/mol. The Balaban J connectivity index is 2.11. The van der Waals surface area contributed by atoms with Crippen LogP contribution < -0.4 is 0 Å². The zero-order valence-electron chi connectivity index (χ0n) is 11.8. The van der Waals surface area contributed by atoms with Gasteiger partial charge in [-0.05, 0) is 13.0 Å². The number of halogens is 1. The van der Waals surface area contributed by atoms with Gasteiger partial charge in [0.1, 0.15) is 11.9 Å². The van der Waals surface area contributed by atoms with Crippen molar-refractivity contribution in [1.29, 1.82) is 0 Å². The van der Waals surface area contributed by atoms with Crippen molar-refractivity contribution in [2.24, 2.45) is 0 Å². The minimum absolute atomic E-state index is 0.103. The molecule has 0 radical (unpaired) electrons. The van der Waals surface area contributed by atoms with Gasteiger partial charge in [-0.3, -0.25) is 4.90 Å². The minimum atomic E-state index is -1.01. The average molecular weight is 312 g/mol. The Morgan fingerprint density at radius 3 is 2.76 bits per heavy atom. The van der Waals surface area contributed by atoms with Gasteiger partial charge in [0, 0.05) is 24.9 Å². The first-order chi connectivity index (χ1) is 9.91. The van der Waals surface area contributed by atoms with Crippen molar-refractivity contribution in [2.75, 3.05) is 12.8 Å². The van der Waals surface area contributed by atoms with E-state index in [1.165, 1.54) is 27.6 Å². The van der Waals surface area contributed by atoms with E-state index < -0.39 is 18.0 Å². The van der Waals surface area contributed by atoms with Gasteiger partial charge in [0.15, 0.2) is 0 Å². The number of benzene rings is 1. The Hall–Kier alpha value is -1.76. The molecular formula is C14H17FN2O3S. The number of rotatable bonds is 3. The molecule has 0 spiro atoms. The fourth-order valence-electron chi connectivity index (χ4n) is 2.27. The van der Waals surface area contributed by atoms with E-state index in [9.17, 15) is 19.1 Å². The summed E-state index contributed by atoms with van der Waals surface area (Å²) in [7, 11) is 1.55. The maximum atomic E-state index is 13.6. The quantitative estimate of drug-likeness (QED) is 0.930. The number of carbonyl (C=O) groups is 2. The summed E-state index contributed by atoms with van der Waals surface area (Å²) in [6, 6.07) is 4.99. The normalized spacial score (nSPS) is 21.4. The van der Waals surface area contributed by atoms with Crippen molar-refractivity contribution in [1.82, 2.24) is 9.80 Å². The fraction of sp³-hybridized carbons (Fsp3) is 0.429. The highest BCUT2D eigenvalue weighted by atomic mass is 32.2. The SMILES string of the molecule is CC1SCC(C(=O)O)N1C(=O)N(C)Cc1ccccc1F. The number of aliphatic carboxylic acids is 1. The lowest BCUT2D eigenvalue weighted by Crippen LogP contribution is -2.49. The summed E-state index contributed by atoms with van der Waals surface area (Å²) in [5, 5.41) is 8.97. The Morgan fingerprint density at radius 2 is 2.14 bits per heavy atom. The number of urea groups is 1. The van der Waals surface area contributed by atoms with Crippen molar-refractivity contribution in [3.63, 3.8) is 0 Å². The molecule has 1 fully saturated rings. The highest BCUT2D eigenvalue weighted by molar-refractivity contribution is 8.00. The van der Waals surface area contributed by atoms with Gasteiger partial charge in [0.2, 0.25) is 0 Å². The van der Waals surface area contributed by atoms with Gasteiger partial charge in [-0.25, -0.2) is 14.0 Å². The number of carboxylic acids is 1. The van der Waals surface area contributed by atoms with Crippen LogP contribution in [0.2, 0.25) is 0 Å². The smallest absolute Gasteiger partial charge is 0.327 e. The molecule has 2 amide bonds. The molecule has 2 unspecified atom stereocenters. The summed E-state index contributed by atoms with van der Waals surface area (Å²) in [5.74, 6) is -1.02. The molecule has 1 aliphatic heterocycles. The second-order valence-electron chi connectivity index (χ2n) is 4.92. The second-order valence-corrected chi connectivity index (χ2v) is 6.27. The predicted octanol–water partition coefficient (Wildman–Crippen LogP) is 2.23. The van der Waals surface area contributed by atoms with Gasteiger partial charge in [0.25, 0.3) is 0 Å². The Morgan fingerprint density at radius 1 is 1.48 bits per heavy atom. The van der Waals surface area contributed by atoms with Gasteiger partial charge in [-0.1, -0.05) is 18.2 Å². The summed E-state index contributed by atoms with van der Waals surface area (Å²) >= 11 is 1.42. The van der Waals surface area contributed by atoms with E-state index >= 15 is 0 Å². The van der Waals surface area contributed by atoms with Crippen molar-refractivity contribution >= 4 is 23.8 Å². The van der Waals surface area contributed by atoms with Crippen LogP contribution in [0.1, 0.15) is 12.5 Å². The van der Waals surface area contributed by atoms with Crippen molar-refractivity contribution in [3.8, 4) is 0 Å². The van der Waals surface area contributed by atoms with Gasteiger partial charge in [0.05, 0.1) is 5.37 Å². The maximum Gasteiger partial charge on any atom is 0.327 e. The average Bonchev–Trinajstić information content (AvgIpc) is 2.82. The number of carboxylic acid groups (broad SMARTS) is 1. The molecule has 1 heterocycles. The molecule has 1 saturated heterocycles. The minimum Gasteiger partial charge on any atom is -0.480 e. The van der Waals surface area contributed by atoms with Crippen LogP contribution in [-0.4, -0.2) is 51.1 Å². The molecule has 0 aliphatic carbocycles. The van der Waals surface area contributed by atoms with Crippen LogP contribution in [0.4, 0.5) is 9.18 Å². The Bertz CT molecular complexity index is 555. The second kappa shape index (κ2) is 6.34. The first-order valence-electron chi connectivity index (χ1n) is 6.53. The molecule has 0 saturated carbocycles. The summed E-state index contributed by atoms with van der Waals surface area (Å²) in [5.41, 5.74) is 0.403. The standard InChI is InChI=1S/C14H17FN2O3S/c1-9-17(12(8-21-9)13(18)19)14(20)16(2)7-10-5-3-4-6-11(10)15/h3-6,9,12H,7-8H2,1-2H3,(H,18,19). The van der Waals surface area contributed by atoms with Gasteiger partial charge in [-0.2, -0.15) is 0 Å². The molecule has 2 atom stereocenters. The Kier molecular flexibility index (Phi) is 4.72. The van der Waals surface area contributed by atoms with Crippen LogP contribution >= 0.6 is 11.8 Å². The summed E-state index contributed by atoms with van der Waals surface area (Å²) < 4.78 is 13.6. The molecule has 1 aliphatic rings. The number of hydrogen-bond donors (Lipinski definition) is 1. The van der Waals surface area contributed by atoms with Gasteiger partial charge < -0.3 is 10.0 Å². The van der Waals surface area contributed by atoms with E-state index in [0.717, 1.165) is 0 Å². The van der Waals surface area contributed by atoms with Crippen LogP contribution in [0.5, 0.6) is 0 Å². The summed E-state index contributed by atoms with van der Waals surface area (Å²) in [6.45, 7) is 1.90. The lowest BCUT2D eigenvalue weighted by Gasteiger charge is -2.30. The highest BCUT2D eigenvalue weighted by Gasteiger charge is 2.40. The molecule has 1 aromatic carbocycles. The molecule has 21 heavy (non-hydrogen) atoms. The zero-order valence-corrected chi connectivity index (χ0v) is 12.6. The third kappa shape index (κ3) is 3.29. The van der Waals surface area contributed by atoms with E-state index in [1.807, 2.05) is 0 Å². The van der Waals surface area contributed by atoms with E-state index in [1.54, 1.807) is 32.2 Å². The first-order valence-corrected chi connectivity index (χ1v) is 7.58. The molecule has 0 aromatic heterocycles. The van der Waals surface area contributed by atoms with Crippen LogP contribution in [0, 0.1) is 5.82 Å². The molecule has 114 valence electrons. The summed E-state index contributed by atoms with van der Waals surface area (Å²) in [4.78, 5) is 26.3. The lowest BCUT2D eigenvalue weighted by molar-refractivity contribution is -0.141. The topological polar surface area (TPSA) is 60.9 Å². The first kappa shape index (κ1) is 15.6. The maximum absolute atomic E-state index is 13.6. The Labute approximate surface area is 126 Å². The zero-order chi connectivity index (χ0) is 15.6. The van der Waals surface area contributed by atoms with Crippen LogP contribution in [-0.2, 0) is 11.3 Å². The van der Waals surface area contributed by atoms with Crippen LogP contribution in [0.15, 0.2) is 24.3 Å². The molecule has 1 N–H and O–H groups in total. The number of nitrogens with zero attached hydrogens (tertiary/aromatic N) is 2. The monoisotopic (exact) mass is 312 g/mol. The van der Waals surface area contributed by atoms with Crippen molar-refractivity contribution < 1.29 is 19.1 Å². The number of thioether (sulfide) groups is 1. The van der Waals surface area contributed by atoms with E-state index in [2.05, 4.69) is 0 Å². The van der Waals surface area contributed by atoms with Gasteiger partial charge in [-0.15, -0.1) is 11.8 Å². The van der Waals surface area contributed by atoms with Crippen molar-refractivity contribution in [3.05, 3.63) is 35.6 Å². The molecule has 5 nitrogen and oxygen atoms in total. The molecule has 2 rings (SSSR count). The number of carbonyl (C=O) groups excluding carboxylic acids is 1. The van der Waals surface area contributed by atoms with Crippen molar-refractivity contribution in [2.45, 2.75) is 24.9 Å². The lowest BCUT2D eigenvalue weighted by atomic mass is 10.2. The summed E-state index contributed by atoms with van der Waals surface area (Å²) in [6.07, 6.45) is 0. The molecular weight excluding hydrogens is 295 g/mol. The number of hydrogen-bond acceptors (Lipinski definition) is 3. The fourth-order valence-corrected chi connectivity index (χ4v) is 3.43. The van der Waals surface area contributed by atoms with E-state index in [4.69, 9.17) is 0 Å². The molecule has 7 heteroatoms. The molecule has 0 bridgehead atoms. The number of amides is 2. The largest absolute Gasteiger partial charge is 0.480 e. The van der Waals surface area contributed by atoms with E-state index in [-0.39, 0.29) is 17.7 Å². The van der Waals surface area contributed by atoms with Gasteiger partial charge >= 0.3 is 12.0 Å². The van der Waals surface area contributed by atoms with E-state index in [0.29, 0.717) is 11.3 Å². The van der Waals surface area contributed by atoms with Crippen LogP contribution in [0.25, 0.3) is 0 Å².